The maximum atomic E-state index is 12.5. The van der Waals surface area contributed by atoms with Gasteiger partial charge in [0.1, 0.15) is 22.8 Å². The van der Waals surface area contributed by atoms with Gasteiger partial charge in [-0.15, -0.1) is 0 Å². The summed E-state index contributed by atoms with van der Waals surface area (Å²) in [7, 11) is 1.30. The molecular weight excluding hydrogens is 338 g/mol. The Labute approximate surface area is 147 Å². The molecule has 2 heterocycles. The number of carbonyl (C=O) groups excluding carboxylic acids is 2. The number of ether oxygens (including phenoxy) is 2. The van der Waals surface area contributed by atoms with E-state index in [9.17, 15) is 19.8 Å². The van der Waals surface area contributed by atoms with Crippen LogP contribution in [0.2, 0.25) is 0 Å². The minimum Gasteiger partial charge on any atom is -0.508 e. The molecule has 0 spiro atoms. The van der Waals surface area contributed by atoms with E-state index >= 15 is 0 Å². The minimum atomic E-state index is -0.490. The zero-order valence-corrected chi connectivity index (χ0v) is 13.6. The molecule has 0 bridgehead atoms. The zero-order chi connectivity index (χ0) is 18.4. The highest BCUT2D eigenvalue weighted by atomic mass is 16.5. The van der Waals surface area contributed by atoms with E-state index < -0.39 is 11.8 Å². The largest absolute Gasteiger partial charge is 0.508 e. The smallest absolute Gasteiger partial charge is 0.337 e. The van der Waals surface area contributed by atoms with Crippen LogP contribution >= 0.6 is 0 Å². The van der Waals surface area contributed by atoms with Gasteiger partial charge in [0.2, 0.25) is 5.78 Å². The molecule has 3 aromatic rings. The van der Waals surface area contributed by atoms with Gasteiger partial charge >= 0.3 is 5.97 Å². The molecule has 26 heavy (non-hydrogen) atoms. The molecule has 4 rings (SSSR count). The molecule has 130 valence electrons. The molecule has 2 aromatic carbocycles. The molecule has 0 radical (unpaired) electrons. The first-order valence-corrected chi connectivity index (χ1v) is 7.67. The standard InChI is InChI=1S/C19H13NO6/c1-25-19(24)9-2-3-13-12(4-9)10(8-20-13)5-16-18(23)17-14(22)6-11(21)7-15(17)26-16/h2-8,20-22H,1H3/b16-5-. The van der Waals surface area contributed by atoms with Gasteiger partial charge in [0.15, 0.2) is 5.76 Å². The van der Waals surface area contributed by atoms with E-state index in [0.717, 1.165) is 11.6 Å². The van der Waals surface area contributed by atoms with Crippen LogP contribution in [0.4, 0.5) is 0 Å². The number of ketones is 1. The van der Waals surface area contributed by atoms with E-state index in [-0.39, 0.29) is 28.6 Å². The molecule has 0 aliphatic carbocycles. The van der Waals surface area contributed by atoms with E-state index in [1.165, 1.54) is 19.3 Å². The third kappa shape index (κ3) is 2.37. The Morgan fingerprint density at radius 2 is 2.04 bits per heavy atom. The van der Waals surface area contributed by atoms with Gasteiger partial charge in [-0.05, 0) is 24.3 Å². The van der Waals surface area contributed by atoms with Gasteiger partial charge in [0, 0.05) is 34.8 Å². The fourth-order valence-electron chi connectivity index (χ4n) is 2.93. The van der Waals surface area contributed by atoms with Crippen molar-refractivity contribution in [2.24, 2.45) is 0 Å². The van der Waals surface area contributed by atoms with Crippen molar-refractivity contribution < 1.29 is 29.3 Å². The van der Waals surface area contributed by atoms with E-state index in [2.05, 4.69) is 4.98 Å². The highest BCUT2D eigenvalue weighted by Crippen LogP contribution is 2.40. The number of phenolic OH excluding ortho intramolecular Hbond substituents is 2. The number of allylic oxidation sites excluding steroid dienone is 1. The van der Waals surface area contributed by atoms with Crippen LogP contribution in [0.3, 0.4) is 0 Å². The quantitative estimate of drug-likeness (QED) is 0.484. The lowest BCUT2D eigenvalue weighted by molar-refractivity contribution is 0.0600. The lowest BCUT2D eigenvalue weighted by Crippen LogP contribution is -2.00. The van der Waals surface area contributed by atoms with Crippen molar-refractivity contribution >= 4 is 28.7 Å². The number of aromatic hydroxyl groups is 2. The Balaban J connectivity index is 1.79. The van der Waals surface area contributed by atoms with E-state index in [1.807, 2.05) is 0 Å². The second-order valence-corrected chi connectivity index (χ2v) is 5.77. The highest BCUT2D eigenvalue weighted by Gasteiger charge is 2.31. The summed E-state index contributed by atoms with van der Waals surface area (Å²) in [5.74, 6) is -1.41. The number of fused-ring (bicyclic) bond motifs is 2. The number of phenols is 2. The molecule has 1 aliphatic rings. The third-order valence-electron chi connectivity index (χ3n) is 4.16. The molecule has 0 unspecified atom stereocenters. The van der Waals surface area contributed by atoms with E-state index in [0.29, 0.717) is 16.5 Å². The summed E-state index contributed by atoms with van der Waals surface area (Å²) >= 11 is 0. The summed E-state index contributed by atoms with van der Waals surface area (Å²) in [6, 6.07) is 7.37. The van der Waals surface area contributed by atoms with Gasteiger partial charge in [0.05, 0.1) is 12.7 Å². The van der Waals surface area contributed by atoms with Gasteiger partial charge in [-0.1, -0.05) is 0 Å². The zero-order valence-electron chi connectivity index (χ0n) is 13.6. The van der Waals surface area contributed by atoms with Crippen molar-refractivity contribution in [2.45, 2.75) is 0 Å². The normalized spacial score (nSPS) is 14.5. The van der Waals surface area contributed by atoms with Gasteiger partial charge in [-0.3, -0.25) is 4.79 Å². The second-order valence-electron chi connectivity index (χ2n) is 5.77. The Morgan fingerprint density at radius 3 is 2.81 bits per heavy atom. The molecule has 0 saturated carbocycles. The van der Waals surface area contributed by atoms with Gasteiger partial charge in [-0.2, -0.15) is 0 Å². The Kier molecular flexibility index (Phi) is 3.43. The molecule has 7 heteroatoms. The molecular formula is C19H13NO6. The van der Waals surface area contributed by atoms with Crippen LogP contribution in [-0.2, 0) is 4.74 Å². The molecule has 3 N–H and O–H groups in total. The van der Waals surface area contributed by atoms with E-state index in [4.69, 9.17) is 9.47 Å². The van der Waals surface area contributed by atoms with Crippen LogP contribution in [-0.4, -0.2) is 34.1 Å². The number of H-pyrrole nitrogens is 1. The molecule has 1 aliphatic heterocycles. The maximum Gasteiger partial charge on any atom is 0.337 e. The monoisotopic (exact) mass is 351 g/mol. The SMILES string of the molecule is COC(=O)c1ccc2[nH]cc(/C=C3\Oc4cc(O)cc(O)c4C3=O)c2c1. The average Bonchev–Trinajstić information content (AvgIpc) is 3.15. The Morgan fingerprint density at radius 1 is 1.23 bits per heavy atom. The molecule has 0 saturated heterocycles. The number of carbonyl (C=O) groups is 2. The van der Waals surface area contributed by atoms with E-state index in [1.54, 1.807) is 24.4 Å². The number of esters is 1. The minimum absolute atomic E-state index is 0.00383. The molecule has 0 atom stereocenters. The van der Waals surface area contributed by atoms with Crippen LogP contribution in [0.15, 0.2) is 42.3 Å². The fraction of sp³-hybridized carbons (Fsp3) is 0.0526. The number of aromatic nitrogens is 1. The lowest BCUT2D eigenvalue weighted by Gasteiger charge is -2.01. The first kappa shape index (κ1) is 15.8. The summed E-state index contributed by atoms with van der Waals surface area (Å²) in [4.78, 5) is 27.3. The van der Waals surface area contributed by atoms with Crippen LogP contribution in [0.25, 0.3) is 17.0 Å². The average molecular weight is 351 g/mol. The number of aromatic amines is 1. The van der Waals surface area contributed by atoms with Crippen molar-refractivity contribution in [3.63, 3.8) is 0 Å². The van der Waals surface area contributed by atoms with Crippen molar-refractivity contribution in [3.8, 4) is 17.2 Å². The summed E-state index contributed by atoms with van der Waals surface area (Å²) in [6.07, 6.45) is 3.19. The van der Waals surface area contributed by atoms with Crippen LogP contribution in [0.5, 0.6) is 17.2 Å². The van der Waals surface area contributed by atoms with Crippen LogP contribution in [0, 0.1) is 0 Å². The van der Waals surface area contributed by atoms with Crippen LogP contribution in [0.1, 0.15) is 26.3 Å². The summed E-state index contributed by atoms with van der Waals surface area (Å²) in [6.45, 7) is 0. The number of rotatable bonds is 2. The predicted octanol–water partition coefficient (Wildman–Crippen LogP) is 2.98. The van der Waals surface area contributed by atoms with Crippen molar-refractivity contribution in [1.29, 1.82) is 0 Å². The number of hydrogen-bond acceptors (Lipinski definition) is 6. The summed E-state index contributed by atoms with van der Waals surface area (Å²) in [5, 5.41) is 20.1. The number of nitrogens with one attached hydrogen (secondary N) is 1. The van der Waals surface area contributed by atoms with Gasteiger partial charge in [-0.25, -0.2) is 4.79 Å². The molecule has 7 nitrogen and oxygen atoms in total. The van der Waals surface area contributed by atoms with Crippen molar-refractivity contribution in [1.82, 2.24) is 4.98 Å². The highest BCUT2D eigenvalue weighted by molar-refractivity contribution is 6.16. The maximum absolute atomic E-state index is 12.5. The number of benzene rings is 2. The molecule has 1 aromatic heterocycles. The topological polar surface area (TPSA) is 109 Å². The molecule has 0 amide bonds. The Hall–Kier alpha value is -3.74. The predicted molar refractivity (Wildman–Crippen MR) is 92.3 cm³/mol. The number of methoxy groups -OCH3 is 1. The summed E-state index contributed by atoms with van der Waals surface area (Å²) < 4.78 is 10.2. The lowest BCUT2D eigenvalue weighted by atomic mass is 10.1. The van der Waals surface area contributed by atoms with Gasteiger partial charge < -0.3 is 24.7 Å². The van der Waals surface area contributed by atoms with Crippen LogP contribution < -0.4 is 4.74 Å². The van der Waals surface area contributed by atoms with Crippen molar-refractivity contribution in [3.05, 3.63) is 59.0 Å². The number of Topliss-reactive ketones (excluding diaryl/α,β-unsaturated/α-hetero) is 1. The van der Waals surface area contributed by atoms with Crippen molar-refractivity contribution in [2.75, 3.05) is 7.11 Å². The number of hydrogen-bond donors (Lipinski definition) is 3. The second kappa shape index (κ2) is 5.66. The fourth-order valence-corrected chi connectivity index (χ4v) is 2.93. The first-order chi connectivity index (χ1) is 12.5. The Bertz CT molecular complexity index is 1110. The van der Waals surface area contributed by atoms with Gasteiger partial charge in [0.25, 0.3) is 0 Å². The molecule has 0 fully saturated rings. The third-order valence-corrected chi connectivity index (χ3v) is 4.16. The first-order valence-electron chi connectivity index (χ1n) is 7.67. The summed E-state index contributed by atoms with van der Waals surface area (Å²) in [5.41, 5.74) is 1.78.